The molecule has 2 aromatic rings. The van der Waals surface area contributed by atoms with E-state index in [2.05, 4.69) is 4.98 Å². The van der Waals surface area contributed by atoms with Crippen LogP contribution in [0, 0.1) is 30.0 Å². The number of rotatable bonds is 3. The highest BCUT2D eigenvalue weighted by molar-refractivity contribution is 5.99. The van der Waals surface area contributed by atoms with Crippen molar-refractivity contribution < 1.29 is 22.4 Å². The summed E-state index contributed by atoms with van der Waals surface area (Å²) in [6.45, 7) is 1.44. The maximum atomic E-state index is 13.6. The summed E-state index contributed by atoms with van der Waals surface area (Å²) in [5.74, 6) is -0.899. The average molecular weight is 432 g/mol. The lowest BCUT2D eigenvalue weighted by Crippen LogP contribution is -2.52. The molecule has 2 bridgehead atoms. The normalized spacial score (nSPS) is 22.5. The number of carbonyl (C=O) groups is 1. The van der Waals surface area contributed by atoms with E-state index in [4.69, 9.17) is 0 Å². The van der Waals surface area contributed by atoms with Gasteiger partial charge in [-0.15, -0.1) is 0 Å². The van der Waals surface area contributed by atoms with Gasteiger partial charge < -0.3 is 9.80 Å². The third kappa shape index (κ3) is 3.60. The Balaban J connectivity index is 1.78. The lowest BCUT2D eigenvalue weighted by Gasteiger charge is -2.38. The van der Waals surface area contributed by atoms with Gasteiger partial charge in [0.25, 0.3) is 0 Å². The van der Waals surface area contributed by atoms with Gasteiger partial charge >= 0.3 is 6.18 Å². The predicted molar refractivity (Wildman–Crippen MR) is 106 cm³/mol. The van der Waals surface area contributed by atoms with Crippen molar-refractivity contribution in [1.82, 2.24) is 4.98 Å². The van der Waals surface area contributed by atoms with Crippen molar-refractivity contribution in [2.45, 2.75) is 44.4 Å². The molecule has 1 aromatic carbocycles. The van der Waals surface area contributed by atoms with Crippen molar-refractivity contribution in [3.8, 4) is 6.07 Å². The van der Waals surface area contributed by atoms with Crippen molar-refractivity contribution in [2.75, 3.05) is 16.8 Å². The van der Waals surface area contributed by atoms with E-state index < -0.39 is 29.2 Å². The van der Waals surface area contributed by atoms with Crippen LogP contribution < -0.4 is 9.80 Å². The Labute approximate surface area is 176 Å². The predicted octanol–water partition coefficient (Wildman–Crippen LogP) is 4.44. The van der Waals surface area contributed by atoms with Crippen molar-refractivity contribution >= 4 is 17.4 Å². The molecule has 2 fully saturated rings. The highest BCUT2D eigenvalue weighted by Gasteiger charge is 2.52. The first kappa shape index (κ1) is 21.1. The van der Waals surface area contributed by atoms with Gasteiger partial charge in [0.2, 0.25) is 5.91 Å². The molecule has 0 spiro atoms. The van der Waals surface area contributed by atoms with Crippen LogP contribution in [0.1, 0.15) is 36.1 Å². The summed E-state index contributed by atoms with van der Waals surface area (Å²) < 4.78 is 54.1. The van der Waals surface area contributed by atoms with E-state index in [1.165, 1.54) is 36.1 Å². The second-order valence-electron chi connectivity index (χ2n) is 8.07. The molecular formula is C22H20F4N4O. The fourth-order valence-electron chi connectivity index (χ4n) is 4.78. The lowest BCUT2D eigenvalue weighted by atomic mass is 9.96. The van der Waals surface area contributed by atoms with E-state index in [9.17, 15) is 27.6 Å². The van der Waals surface area contributed by atoms with Crippen LogP contribution in [0.2, 0.25) is 0 Å². The van der Waals surface area contributed by atoms with E-state index in [-0.39, 0.29) is 29.4 Å². The number of hydrogen-bond donors (Lipinski definition) is 0. The number of aryl methyl sites for hydroxylation is 1. The van der Waals surface area contributed by atoms with Gasteiger partial charge in [0.05, 0.1) is 5.56 Å². The van der Waals surface area contributed by atoms with E-state index >= 15 is 0 Å². The molecule has 1 aliphatic heterocycles. The molecule has 1 amide bonds. The summed E-state index contributed by atoms with van der Waals surface area (Å²) in [7, 11) is 1.55. The molecule has 4 rings (SSSR count). The molecule has 5 nitrogen and oxygen atoms in total. The second kappa shape index (κ2) is 7.52. The molecule has 3 atom stereocenters. The van der Waals surface area contributed by atoms with Crippen LogP contribution in [-0.4, -0.2) is 30.0 Å². The number of nitrogens with zero attached hydrogens (tertiary/aromatic N) is 4. The van der Waals surface area contributed by atoms with Crippen molar-refractivity contribution in [2.24, 2.45) is 5.92 Å². The largest absolute Gasteiger partial charge is 0.417 e. The Morgan fingerprint density at radius 3 is 2.55 bits per heavy atom. The van der Waals surface area contributed by atoms with Gasteiger partial charge in [-0.05, 0) is 62.4 Å². The van der Waals surface area contributed by atoms with Crippen molar-refractivity contribution in [3.63, 3.8) is 0 Å². The minimum absolute atomic E-state index is 0.0522. The molecule has 31 heavy (non-hydrogen) atoms. The topological polar surface area (TPSA) is 60.2 Å². The molecular weight excluding hydrogens is 412 g/mol. The minimum atomic E-state index is -4.71. The van der Waals surface area contributed by atoms with E-state index in [1.807, 2.05) is 0 Å². The number of nitriles is 1. The highest BCUT2D eigenvalue weighted by Crippen LogP contribution is 2.47. The summed E-state index contributed by atoms with van der Waals surface area (Å²) in [4.78, 5) is 20.7. The van der Waals surface area contributed by atoms with Gasteiger partial charge in [-0.3, -0.25) is 4.79 Å². The van der Waals surface area contributed by atoms with Crippen LogP contribution in [0.4, 0.5) is 29.1 Å². The number of hydrogen-bond acceptors (Lipinski definition) is 4. The number of anilines is 2. The van der Waals surface area contributed by atoms with E-state index in [0.717, 1.165) is 18.9 Å². The van der Waals surface area contributed by atoms with Gasteiger partial charge in [-0.1, -0.05) is 0 Å². The maximum absolute atomic E-state index is 13.6. The zero-order chi connectivity index (χ0) is 22.5. The summed E-state index contributed by atoms with van der Waals surface area (Å²) in [6.07, 6.45) is -2.57. The molecule has 2 aliphatic rings. The number of piperidine rings is 1. The molecule has 162 valence electrons. The fraction of sp³-hybridized carbons (Fsp3) is 0.409. The summed E-state index contributed by atoms with van der Waals surface area (Å²) in [5, 5.41) is 9.57. The molecule has 0 unspecified atom stereocenters. The first-order valence-electron chi connectivity index (χ1n) is 9.92. The minimum Gasteiger partial charge on any atom is -0.340 e. The quantitative estimate of drug-likeness (QED) is 0.673. The molecule has 0 N–H and O–H groups in total. The zero-order valence-electron chi connectivity index (χ0n) is 16.9. The molecule has 1 aliphatic carbocycles. The second-order valence-corrected chi connectivity index (χ2v) is 8.07. The monoisotopic (exact) mass is 432 g/mol. The van der Waals surface area contributed by atoms with Crippen LogP contribution in [0.5, 0.6) is 0 Å². The Morgan fingerprint density at radius 1 is 1.26 bits per heavy atom. The molecule has 1 saturated carbocycles. The van der Waals surface area contributed by atoms with Crippen molar-refractivity contribution in [3.05, 3.63) is 53.0 Å². The Bertz CT molecular complexity index is 1060. The third-order valence-electron chi connectivity index (χ3n) is 6.17. The Morgan fingerprint density at radius 2 is 1.94 bits per heavy atom. The van der Waals surface area contributed by atoms with Gasteiger partial charge in [0.1, 0.15) is 29.3 Å². The fourth-order valence-corrected chi connectivity index (χ4v) is 4.78. The van der Waals surface area contributed by atoms with Crippen LogP contribution in [0.3, 0.4) is 0 Å². The van der Waals surface area contributed by atoms with Gasteiger partial charge in [-0.25, -0.2) is 9.37 Å². The number of carbonyl (C=O) groups excluding carboxylic acids is 1. The molecule has 1 aromatic heterocycles. The number of aromatic nitrogens is 1. The van der Waals surface area contributed by atoms with Crippen LogP contribution in [0.15, 0.2) is 30.3 Å². The third-order valence-corrected chi connectivity index (χ3v) is 6.17. The molecule has 9 heteroatoms. The maximum Gasteiger partial charge on any atom is 0.417 e. The summed E-state index contributed by atoms with van der Waals surface area (Å²) in [6, 6.07) is 7.05. The number of amides is 1. The van der Waals surface area contributed by atoms with Crippen LogP contribution >= 0.6 is 0 Å². The van der Waals surface area contributed by atoms with Crippen molar-refractivity contribution in [1.29, 1.82) is 5.26 Å². The number of benzene rings is 1. The molecule has 1 saturated heterocycles. The van der Waals surface area contributed by atoms with Crippen LogP contribution in [0.25, 0.3) is 0 Å². The summed E-state index contributed by atoms with van der Waals surface area (Å²) in [5.41, 5.74) is -1.00. The number of likely N-dealkylation sites (N-methyl/N-ethyl adjacent to an activating group) is 1. The summed E-state index contributed by atoms with van der Waals surface area (Å²) >= 11 is 0. The van der Waals surface area contributed by atoms with Gasteiger partial charge in [-0.2, -0.15) is 18.4 Å². The smallest absolute Gasteiger partial charge is 0.340 e. The molecule has 2 heterocycles. The lowest BCUT2D eigenvalue weighted by molar-refractivity contribution is -0.137. The number of halogens is 4. The first-order chi connectivity index (χ1) is 14.6. The van der Waals surface area contributed by atoms with Gasteiger partial charge in [0, 0.05) is 24.5 Å². The molecule has 0 radical (unpaired) electrons. The Kier molecular flexibility index (Phi) is 5.12. The first-order valence-corrected chi connectivity index (χ1v) is 9.92. The highest BCUT2D eigenvalue weighted by atomic mass is 19.4. The number of pyridine rings is 1. The average Bonchev–Trinajstić information content (AvgIpc) is 3.33. The number of alkyl halides is 3. The van der Waals surface area contributed by atoms with E-state index in [1.54, 1.807) is 18.0 Å². The Hall–Kier alpha value is -3.15. The van der Waals surface area contributed by atoms with Crippen LogP contribution in [-0.2, 0) is 11.0 Å². The zero-order valence-corrected chi connectivity index (χ0v) is 16.9. The standard InChI is InChI=1S/C22H20F4N4O/c1-12-9-18(22(24,25)26)17(11-27)20(28-12)30-16-6-3-13(10-16)19(30)21(31)29(2)15-7-4-14(23)5-8-15/h4-5,7-9,13,16,19H,3,6,10H2,1-2H3/t13-,16+,19-/m0/s1. The van der Waals surface area contributed by atoms with Gasteiger partial charge in [0.15, 0.2) is 0 Å². The SMILES string of the molecule is Cc1cc(C(F)(F)F)c(C#N)c(N2[C@@H]3CC[C@@H](C3)[C@H]2C(=O)N(C)c2ccc(F)cc2)n1. The van der Waals surface area contributed by atoms with E-state index in [0.29, 0.717) is 12.1 Å². The number of fused-ring (bicyclic) bond motifs is 2.